The fraction of sp³-hybridized carbons (Fsp3) is 0.400. The van der Waals surface area contributed by atoms with E-state index in [9.17, 15) is 9.59 Å². The van der Waals surface area contributed by atoms with E-state index in [1.165, 1.54) is 6.33 Å². The van der Waals surface area contributed by atoms with Crippen LogP contribution in [-0.4, -0.2) is 51.2 Å². The molecule has 0 saturated heterocycles. The lowest BCUT2D eigenvalue weighted by Crippen LogP contribution is -2.29. The van der Waals surface area contributed by atoms with Gasteiger partial charge in [-0.05, 0) is 19.4 Å². The van der Waals surface area contributed by atoms with E-state index < -0.39 is 0 Å². The summed E-state index contributed by atoms with van der Waals surface area (Å²) in [6.07, 6.45) is 2.12. The van der Waals surface area contributed by atoms with Gasteiger partial charge in [-0.15, -0.1) is 0 Å². The number of hydrogen-bond donors (Lipinski definition) is 4. The van der Waals surface area contributed by atoms with Crippen molar-refractivity contribution in [1.29, 1.82) is 0 Å². The van der Waals surface area contributed by atoms with E-state index in [1.807, 2.05) is 6.92 Å². The van der Waals surface area contributed by atoms with Gasteiger partial charge in [-0.2, -0.15) is 5.10 Å². The van der Waals surface area contributed by atoms with Crippen LogP contribution in [0.25, 0.3) is 0 Å². The minimum Gasteiger partial charge on any atom is -0.368 e. The molecule has 3 rings (SSSR count). The first-order chi connectivity index (χ1) is 12.0. The minimum absolute atomic E-state index is 0.136. The van der Waals surface area contributed by atoms with Crippen molar-refractivity contribution in [2.45, 2.75) is 13.3 Å². The van der Waals surface area contributed by atoms with Crippen LogP contribution in [0.4, 0.5) is 17.3 Å². The highest BCUT2D eigenvalue weighted by Gasteiger charge is 2.19. The van der Waals surface area contributed by atoms with Crippen LogP contribution in [-0.2, 0) is 11.8 Å². The Hall–Kier alpha value is -3.17. The smallest absolute Gasteiger partial charge is 0.271 e. The maximum absolute atomic E-state index is 12.0. The Balaban J connectivity index is 1.46. The van der Waals surface area contributed by atoms with Crippen molar-refractivity contribution in [1.82, 2.24) is 25.1 Å². The predicted molar refractivity (Wildman–Crippen MR) is 92.5 cm³/mol. The topological polar surface area (TPSA) is 126 Å². The van der Waals surface area contributed by atoms with Crippen LogP contribution < -0.4 is 21.3 Å². The number of aryl methyl sites for hydroxylation is 2. The largest absolute Gasteiger partial charge is 0.368 e. The zero-order valence-corrected chi connectivity index (χ0v) is 14.1. The highest BCUT2D eigenvalue weighted by Crippen LogP contribution is 2.28. The molecule has 4 N–H and O–H groups in total. The van der Waals surface area contributed by atoms with Gasteiger partial charge in [0.05, 0.1) is 6.54 Å². The Morgan fingerprint density at radius 2 is 2.20 bits per heavy atom. The summed E-state index contributed by atoms with van der Waals surface area (Å²) in [5.41, 5.74) is 1.88. The van der Waals surface area contributed by atoms with Gasteiger partial charge in [-0.25, -0.2) is 9.97 Å². The molecule has 0 bridgehead atoms. The summed E-state index contributed by atoms with van der Waals surface area (Å²) < 4.78 is 1.66. The van der Waals surface area contributed by atoms with Crippen LogP contribution in [0.5, 0.6) is 0 Å². The Kier molecular flexibility index (Phi) is 4.78. The lowest BCUT2D eigenvalue weighted by Gasteiger charge is -2.20. The normalized spacial score (nSPS) is 12.8. The Bertz CT molecular complexity index is 781. The van der Waals surface area contributed by atoms with E-state index >= 15 is 0 Å². The summed E-state index contributed by atoms with van der Waals surface area (Å²) in [6.45, 7) is 3.17. The number of anilines is 3. The molecule has 1 aliphatic heterocycles. The van der Waals surface area contributed by atoms with Gasteiger partial charge in [-0.1, -0.05) is 0 Å². The number of amides is 2. The van der Waals surface area contributed by atoms with Crippen molar-refractivity contribution in [3.8, 4) is 0 Å². The third-order valence-corrected chi connectivity index (χ3v) is 3.81. The average molecular weight is 344 g/mol. The molecule has 0 radical (unpaired) electrons. The summed E-state index contributed by atoms with van der Waals surface area (Å²) in [7, 11) is 1.80. The number of carbonyl (C=O) groups is 2. The molecule has 0 aliphatic carbocycles. The Morgan fingerprint density at radius 3 is 2.96 bits per heavy atom. The number of fused-ring (bicyclic) bond motifs is 1. The van der Waals surface area contributed by atoms with E-state index in [-0.39, 0.29) is 18.4 Å². The van der Waals surface area contributed by atoms with Crippen LogP contribution in [0.3, 0.4) is 0 Å². The van der Waals surface area contributed by atoms with Gasteiger partial charge in [0.15, 0.2) is 11.6 Å². The quantitative estimate of drug-likeness (QED) is 0.548. The lowest BCUT2D eigenvalue weighted by molar-refractivity contribution is -0.114. The highest BCUT2D eigenvalue weighted by atomic mass is 16.2. The van der Waals surface area contributed by atoms with Crippen molar-refractivity contribution in [3.63, 3.8) is 0 Å². The van der Waals surface area contributed by atoms with Gasteiger partial charge in [0.1, 0.15) is 17.7 Å². The molecule has 2 aromatic heterocycles. The van der Waals surface area contributed by atoms with Crippen molar-refractivity contribution < 1.29 is 9.59 Å². The van der Waals surface area contributed by atoms with Crippen molar-refractivity contribution in [3.05, 3.63) is 23.8 Å². The van der Waals surface area contributed by atoms with Gasteiger partial charge >= 0.3 is 0 Å². The first kappa shape index (κ1) is 16.7. The molecule has 0 saturated carbocycles. The molecule has 0 atom stereocenters. The summed E-state index contributed by atoms with van der Waals surface area (Å²) >= 11 is 0. The van der Waals surface area contributed by atoms with Crippen molar-refractivity contribution >= 4 is 29.1 Å². The van der Waals surface area contributed by atoms with E-state index in [1.54, 1.807) is 17.8 Å². The highest BCUT2D eigenvalue weighted by molar-refractivity contribution is 6.02. The van der Waals surface area contributed by atoms with Crippen LogP contribution in [0.1, 0.15) is 22.6 Å². The molecule has 25 heavy (non-hydrogen) atoms. The van der Waals surface area contributed by atoms with Crippen molar-refractivity contribution in [2.24, 2.45) is 7.05 Å². The Labute approximate surface area is 144 Å². The first-order valence-electron chi connectivity index (χ1n) is 7.96. The number of aromatic nitrogens is 4. The maximum atomic E-state index is 12.0. The van der Waals surface area contributed by atoms with Gasteiger partial charge in [0.25, 0.3) is 5.91 Å². The first-order valence-corrected chi connectivity index (χ1v) is 7.96. The summed E-state index contributed by atoms with van der Waals surface area (Å²) in [4.78, 5) is 31.7. The molecule has 10 heteroatoms. The fourth-order valence-electron chi connectivity index (χ4n) is 2.38. The third kappa shape index (κ3) is 3.84. The summed E-state index contributed by atoms with van der Waals surface area (Å²) in [6, 6.07) is 1.75. The molecule has 0 spiro atoms. The second-order valence-corrected chi connectivity index (χ2v) is 5.68. The molecule has 132 valence electrons. The van der Waals surface area contributed by atoms with E-state index in [0.29, 0.717) is 42.5 Å². The molecule has 0 unspecified atom stereocenters. The molecule has 10 nitrogen and oxygen atoms in total. The fourth-order valence-corrected chi connectivity index (χ4v) is 2.38. The number of carbonyl (C=O) groups excluding carboxylic acids is 2. The van der Waals surface area contributed by atoms with E-state index in [0.717, 1.165) is 5.69 Å². The summed E-state index contributed by atoms with van der Waals surface area (Å²) in [5, 5.41) is 15.8. The zero-order chi connectivity index (χ0) is 17.8. The summed E-state index contributed by atoms with van der Waals surface area (Å²) in [5.74, 6) is 0.816. The second-order valence-electron chi connectivity index (χ2n) is 5.68. The molecule has 0 fully saturated rings. The van der Waals surface area contributed by atoms with Crippen LogP contribution >= 0.6 is 0 Å². The zero-order valence-electron chi connectivity index (χ0n) is 14.1. The number of nitrogens with zero attached hydrogens (tertiary/aromatic N) is 4. The van der Waals surface area contributed by atoms with Crippen LogP contribution in [0, 0.1) is 6.92 Å². The average Bonchev–Trinajstić information content (AvgIpc) is 2.94. The van der Waals surface area contributed by atoms with Gasteiger partial charge < -0.3 is 21.3 Å². The molecule has 2 amide bonds. The molecule has 3 heterocycles. The predicted octanol–water partition coefficient (Wildman–Crippen LogP) is 0.115. The van der Waals surface area contributed by atoms with Crippen LogP contribution in [0.2, 0.25) is 0 Å². The monoisotopic (exact) mass is 344 g/mol. The van der Waals surface area contributed by atoms with Crippen LogP contribution in [0.15, 0.2) is 12.4 Å². The molecule has 2 aromatic rings. The molecule has 1 aliphatic rings. The van der Waals surface area contributed by atoms with Gasteiger partial charge in [0, 0.05) is 25.8 Å². The third-order valence-electron chi connectivity index (χ3n) is 3.81. The van der Waals surface area contributed by atoms with E-state index in [4.69, 9.17) is 0 Å². The molecular weight excluding hydrogens is 324 g/mol. The number of hydrogen-bond acceptors (Lipinski definition) is 7. The van der Waals surface area contributed by atoms with Gasteiger partial charge in [-0.3, -0.25) is 14.3 Å². The molecule has 0 aromatic carbocycles. The lowest BCUT2D eigenvalue weighted by atomic mass is 10.3. The van der Waals surface area contributed by atoms with E-state index in [2.05, 4.69) is 36.3 Å². The van der Waals surface area contributed by atoms with Crippen molar-refractivity contribution in [2.75, 3.05) is 35.6 Å². The standard InChI is InChI=1S/C15H20N8O2/c1-9-6-10(22-23(9)2)15(25)17-5-3-4-16-13-12-14(20-8-19-13)18-7-11(24)21-12/h6,8H,3-5,7H2,1-2H3,(H,17,25)(H,21,24)(H2,16,18,19,20). The minimum atomic E-state index is -0.195. The second kappa shape index (κ2) is 7.16. The number of nitrogens with one attached hydrogen (secondary N) is 4. The number of rotatable bonds is 6. The Morgan fingerprint density at radius 1 is 1.36 bits per heavy atom. The maximum Gasteiger partial charge on any atom is 0.271 e. The SMILES string of the molecule is Cc1cc(C(=O)NCCCNc2ncnc3c2NC(=O)CN3)nn1C. The van der Waals surface area contributed by atoms with Gasteiger partial charge in [0.2, 0.25) is 5.91 Å². The molecular formula is C15H20N8O2.